The molecule has 0 aliphatic heterocycles. The van der Waals surface area contributed by atoms with Gasteiger partial charge in [-0.05, 0) is 36.8 Å². The molecule has 2 aromatic rings. The fraction of sp³-hybridized carbons (Fsp3) is 0.222. The summed E-state index contributed by atoms with van der Waals surface area (Å²) in [6.07, 6.45) is 0. The molecule has 2 unspecified atom stereocenters. The predicted molar refractivity (Wildman–Crippen MR) is 90.0 cm³/mol. The molecule has 0 amide bonds. The lowest BCUT2D eigenvalue weighted by atomic mass is 10.0. The highest BCUT2D eigenvalue weighted by atomic mass is 35.5. The molecular formula is C18H13ClN2O2S. The zero-order chi connectivity index (χ0) is 17.5. The summed E-state index contributed by atoms with van der Waals surface area (Å²) in [5.74, 6) is -0.659. The van der Waals surface area contributed by atoms with Crippen LogP contribution in [0.1, 0.15) is 17.0 Å². The maximum atomic E-state index is 12.9. The average Bonchev–Trinajstić information content (AvgIpc) is 3.26. The lowest BCUT2D eigenvalue weighted by Crippen LogP contribution is -2.14. The van der Waals surface area contributed by atoms with Crippen LogP contribution in [0, 0.1) is 35.0 Å². The van der Waals surface area contributed by atoms with Crippen LogP contribution in [-0.2, 0) is 9.84 Å². The van der Waals surface area contributed by atoms with Crippen LogP contribution in [0.25, 0.3) is 0 Å². The van der Waals surface area contributed by atoms with Gasteiger partial charge in [0.15, 0.2) is 15.3 Å². The van der Waals surface area contributed by atoms with Gasteiger partial charge in [0, 0.05) is 10.9 Å². The van der Waals surface area contributed by atoms with E-state index in [1.54, 1.807) is 12.1 Å². The number of aryl methyl sites for hydroxylation is 1. The molecule has 0 aromatic heterocycles. The Labute approximate surface area is 145 Å². The summed E-state index contributed by atoms with van der Waals surface area (Å²) in [6, 6.07) is 16.9. The van der Waals surface area contributed by atoms with Gasteiger partial charge in [0.25, 0.3) is 0 Å². The molecule has 0 radical (unpaired) electrons. The monoisotopic (exact) mass is 356 g/mol. The Bertz CT molecular complexity index is 954. The maximum absolute atomic E-state index is 12.9. The molecule has 4 nitrogen and oxygen atoms in total. The Hall–Kier alpha value is -2.34. The SMILES string of the molecule is Cc1ccc(C2C(S(=O)(=O)c3ccc(Cl)cc3)C2(C#N)C#N)cc1. The molecule has 1 fully saturated rings. The van der Waals surface area contributed by atoms with Crippen molar-refractivity contribution in [2.45, 2.75) is 23.0 Å². The first-order valence-electron chi connectivity index (χ1n) is 7.25. The minimum atomic E-state index is -3.83. The zero-order valence-corrected chi connectivity index (χ0v) is 14.3. The van der Waals surface area contributed by atoms with Crippen molar-refractivity contribution in [2.24, 2.45) is 5.41 Å². The summed E-state index contributed by atoms with van der Waals surface area (Å²) in [4.78, 5) is 0.0707. The first kappa shape index (κ1) is 16.5. The Kier molecular flexibility index (Phi) is 3.87. The fourth-order valence-electron chi connectivity index (χ4n) is 3.05. The molecule has 0 saturated heterocycles. The quantitative estimate of drug-likeness (QED) is 0.840. The molecule has 2 aromatic carbocycles. The topological polar surface area (TPSA) is 81.7 Å². The van der Waals surface area contributed by atoms with Crippen molar-refractivity contribution in [3.63, 3.8) is 0 Å². The molecule has 0 heterocycles. The van der Waals surface area contributed by atoms with Gasteiger partial charge in [0.2, 0.25) is 0 Å². The van der Waals surface area contributed by atoms with Crippen LogP contribution in [0.3, 0.4) is 0 Å². The van der Waals surface area contributed by atoms with Gasteiger partial charge in [-0.15, -0.1) is 0 Å². The lowest BCUT2D eigenvalue weighted by molar-refractivity contribution is 0.591. The number of benzene rings is 2. The highest BCUT2D eigenvalue weighted by Gasteiger charge is 2.73. The molecular weight excluding hydrogens is 344 g/mol. The van der Waals surface area contributed by atoms with Crippen molar-refractivity contribution in [3.05, 3.63) is 64.7 Å². The number of halogens is 1. The molecule has 3 rings (SSSR count). The van der Waals surface area contributed by atoms with Gasteiger partial charge >= 0.3 is 0 Å². The Morgan fingerprint density at radius 3 is 2.04 bits per heavy atom. The third-order valence-electron chi connectivity index (χ3n) is 4.42. The van der Waals surface area contributed by atoms with Crippen LogP contribution in [0.2, 0.25) is 5.02 Å². The van der Waals surface area contributed by atoms with Crippen molar-refractivity contribution in [1.29, 1.82) is 10.5 Å². The van der Waals surface area contributed by atoms with Gasteiger partial charge < -0.3 is 0 Å². The first-order chi connectivity index (χ1) is 11.4. The van der Waals surface area contributed by atoms with E-state index in [1.807, 2.05) is 31.2 Å². The first-order valence-corrected chi connectivity index (χ1v) is 9.18. The van der Waals surface area contributed by atoms with Crippen molar-refractivity contribution >= 4 is 21.4 Å². The van der Waals surface area contributed by atoms with Gasteiger partial charge in [-0.25, -0.2) is 8.42 Å². The molecule has 0 spiro atoms. The minimum absolute atomic E-state index is 0.0707. The van der Waals surface area contributed by atoms with Crippen LogP contribution >= 0.6 is 11.6 Å². The second-order valence-corrected chi connectivity index (χ2v) is 8.41. The minimum Gasteiger partial charge on any atom is -0.223 e. The second-order valence-electron chi connectivity index (χ2n) is 5.90. The Morgan fingerprint density at radius 1 is 1.00 bits per heavy atom. The summed E-state index contributed by atoms with van der Waals surface area (Å²) >= 11 is 5.81. The number of nitriles is 2. The van der Waals surface area contributed by atoms with Gasteiger partial charge in [-0.2, -0.15) is 10.5 Å². The van der Waals surface area contributed by atoms with E-state index in [1.165, 1.54) is 24.3 Å². The van der Waals surface area contributed by atoms with Crippen LogP contribution in [0.4, 0.5) is 0 Å². The Morgan fingerprint density at radius 2 is 1.54 bits per heavy atom. The van der Waals surface area contributed by atoms with Gasteiger partial charge in [0.1, 0.15) is 5.25 Å². The summed E-state index contributed by atoms with van der Waals surface area (Å²) < 4.78 is 25.9. The van der Waals surface area contributed by atoms with Crippen molar-refractivity contribution < 1.29 is 8.42 Å². The molecule has 120 valence electrons. The lowest BCUT2D eigenvalue weighted by Gasteiger charge is -2.04. The van der Waals surface area contributed by atoms with E-state index in [4.69, 9.17) is 11.6 Å². The van der Waals surface area contributed by atoms with E-state index in [9.17, 15) is 18.9 Å². The largest absolute Gasteiger partial charge is 0.223 e. The standard InChI is InChI=1S/C18H13ClN2O2S/c1-12-2-4-13(5-3-12)16-17(18(16,10-20)11-21)24(22,23)15-8-6-14(19)7-9-15/h2-9,16-17H,1H3. The van der Waals surface area contributed by atoms with Gasteiger partial charge in [0.05, 0.1) is 17.0 Å². The molecule has 0 bridgehead atoms. The summed E-state index contributed by atoms with van der Waals surface area (Å²) in [7, 11) is -3.83. The highest BCUT2D eigenvalue weighted by molar-refractivity contribution is 7.92. The second kappa shape index (κ2) is 5.63. The Balaban J connectivity index is 2.09. The van der Waals surface area contributed by atoms with E-state index < -0.39 is 26.4 Å². The number of hydrogen-bond donors (Lipinski definition) is 0. The van der Waals surface area contributed by atoms with Crippen molar-refractivity contribution in [3.8, 4) is 12.1 Å². The summed E-state index contributed by atoms with van der Waals surface area (Å²) in [6.45, 7) is 1.92. The van der Waals surface area contributed by atoms with Crippen LogP contribution in [0.15, 0.2) is 53.4 Å². The normalized spacial score (nSPS) is 21.5. The van der Waals surface area contributed by atoms with Crippen LogP contribution < -0.4 is 0 Å². The molecule has 24 heavy (non-hydrogen) atoms. The third kappa shape index (κ3) is 2.38. The molecule has 6 heteroatoms. The van der Waals surface area contributed by atoms with E-state index in [-0.39, 0.29) is 4.90 Å². The predicted octanol–water partition coefficient (Wildman–Crippen LogP) is 3.62. The summed E-state index contributed by atoms with van der Waals surface area (Å²) in [5.41, 5.74) is 0.149. The molecule has 0 N–H and O–H groups in total. The zero-order valence-electron chi connectivity index (χ0n) is 12.8. The van der Waals surface area contributed by atoms with E-state index in [0.29, 0.717) is 10.6 Å². The average molecular weight is 357 g/mol. The maximum Gasteiger partial charge on any atom is 0.184 e. The highest BCUT2D eigenvalue weighted by Crippen LogP contribution is 2.63. The van der Waals surface area contributed by atoms with Crippen molar-refractivity contribution in [2.75, 3.05) is 0 Å². The molecule has 1 aliphatic rings. The number of sulfone groups is 1. The van der Waals surface area contributed by atoms with Gasteiger partial charge in [-0.1, -0.05) is 41.4 Å². The van der Waals surface area contributed by atoms with E-state index in [2.05, 4.69) is 0 Å². The third-order valence-corrected chi connectivity index (χ3v) is 6.91. The van der Waals surface area contributed by atoms with Crippen LogP contribution in [-0.4, -0.2) is 13.7 Å². The van der Waals surface area contributed by atoms with E-state index >= 15 is 0 Å². The van der Waals surface area contributed by atoms with E-state index in [0.717, 1.165) is 5.56 Å². The molecule has 1 saturated carbocycles. The number of rotatable bonds is 3. The van der Waals surface area contributed by atoms with Gasteiger partial charge in [-0.3, -0.25) is 0 Å². The smallest absolute Gasteiger partial charge is 0.184 e. The van der Waals surface area contributed by atoms with Crippen molar-refractivity contribution in [1.82, 2.24) is 0 Å². The fourth-order valence-corrected chi connectivity index (χ4v) is 5.38. The number of hydrogen-bond acceptors (Lipinski definition) is 4. The summed E-state index contributed by atoms with van der Waals surface area (Å²) in [5, 5.41) is 18.4. The number of nitrogens with zero attached hydrogens (tertiary/aromatic N) is 2. The molecule has 1 aliphatic carbocycles. The van der Waals surface area contributed by atoms with Crippen LogP contribution in [0.5, 0.6) is 0 Å². The molecule has 2 atom stereocenters.